The van der Waals surface area contributed by atoms with Gasteiger partial charge in [0.05, 0.1) is 6.04 Å². The summed E-state index contributed by atoms with van der Waals surface area (Å²) >= 11 is 0. The van der Waals surface area contributed by atoms with E-state index in [-0.39, 0.29) is 11.9 Å². The van der Waals surface area contributed by atoms with Gasteiger partial charge in [-0.25, -0.2) is 0 Å². The minimum absolute atomic E-state index is 0.0237. The van der Waals surface area contributed by atoms with Gasteiger partial charge < -0.3 is 5.32 Å². The molecule has 1 unspecified atom stereocenters. The van der Waals surface area contributed by atoms with Crippen molar-refractivity contribution in [1.29, 1.82) is 0 Å². The highest BCUT2D eigenvalue weighted by molar-refractivity contribution is 5.77. The van der Waals surface area contributed by atoms with Crippen molar-refractivity contribution in [3.05, 3.63) is 95.1 Å². The van der Waals surface area contributed by atoms with E-state index in [0.29, 0.717) is 12.8 Å². The molecule has 2 heterocycles. The Morgan fingerprint density at radius 2 is 1.85 bits per heavy atom. The number of benzene rings is 1. The average Bonchev–Trinajstić information content (AvgIpc) is 2.66. The fraction of sp³-hybridized carbons (Fsp3) is 0.227. The first-order chi connectivity index (χ1) is 12.6. The summed E-state index contributed by atoms with van der Waals surface area (Å²) in [5.41, 5.74) is 5.56. The minimum Gasteiger partial charge on any atom is -0.345 e. The molecule has 0 radical (unpaired) electrons. The third-order valence-corrected chi connectivity index (χ3v) is 4.45. The highest BCUT2D eigenvalue weighted by atomic mass is 16.1. The molecule has 4 nitrogen and oxygen atoms in total. The van der Waals surface area contributed by atoms with Gasteiger partial charge >= 0.3 is 0 Å². The first kappa shape index (κ1) is 17.8. The van der Waals surface area contributed by atoms with Crippen molar-refractivity contribution in [3.8, 4) is 0 Å². The Morgan fingerprint density at radius 3 is 2.54 bits per heavy atom. The van der Waals surface area contributed by atoms with Gasteiger partial charge in [-0.3, -0.25) is 14.8 Å². The van der Waals surface area contributed by atoms with Crippen LogP contribution < -0.4 is 5.32 Å². The maximum Gasteiger partial charge on any atom is 0.221 e. The van der Waals surface area contributed by atoms with Crippen LogP contribution in [-0.4, -0.2) is 15.9 Å². The van der Waals surface area contributed by atoms with E-state index >= 15 is 0 Å². The van der Waals surface area contributed by atoms with Crippen molar-refractivity contribution in [2.75, 3.05) is 0 Å². The number of rotatable bonds is 6. The molecule has 0 saturated heterocycles. The second kappa shape index (κ2) is 8.39. The number of hydrogen-bond donors (Lipinski definition) is 1. The monoisotopic (exact) mass is 345 g/mol. The van der Waals surface area contributed by atoms with Crippen LogP contribution >= 0.6 is 0 Å². The van der Waals surface area contributed by atoms with E-state index in [1.807, 2.05) is 30.5 Å². The van der Waals surface area contributed by atoms with Crippen LogP contribution in [0.1, 0.15) is 40.3 Å². The van der Waals surface area contributed by atoms with Crippen molar-refractivity contribution in [2.45, 2.75) is 32.7 Å². The summed E-state index contributed by atoms with van der Waals surface area (Å²) in [5.74, 6) is 0.0237. The third-order valence-electron chi connectivity index (χ3n) is 4.45. The number of aryl methyl sites for hydroxylation is 3. The summed E-state index contributed by atoms with van der Waals surface area (Å²) in [6.07, 6.45) is 8.19. The third kappa shape index (κ3) is 4.54. The maximum absolute atomic E-state index is 12.6. The second-order valence-corrected chi connectivity index (χ2v) is 6.50. The zero-order valence-corrected chi connectivity index (χ0v) is 15.1. The largest absolute Gasteiger partial charge is 0.345 e. The van der Waals surface area contributed by atoms with Crippen LogP contribution in [0.25, 0.3) is 0 Å². The zero-order chi connectivity index (χ0) is 18.4. The topological polar surface area (TPSA) is 54.9 Å². The van der Waals surface area contributed by atoms with E-state index in [2.05, 4.69) is 47.3 Å². The predicted molar refractivity (Wildman–Crippen MR) is 103 cm³/mol. The van der Waals surface area contributed by atoms with Gasteiger partial charge in [0.25, 0.3) is 0 Å². The Balaban J connectivity index is 1.79. The molecule has 0 aliphatic heterocycles. The lowest BCUT2D eigenvalue weighted by Crippen LogP contribution is -2.30. The molecule has 1 atom stereocenters. The minimum atomic E-state index is -0.200. The van der Waals surface area contributed by atoms with Gasteiger partial charge in [0.1, 0.15) is 0 Å². The van der Waals surface area contributed by atoms with Crippen LogP contribution in [0.3, 0.4) is 0 Å². The number of aromatic nitrogens is 2. The van der Waals surface area contributed by atoms with E-state index in [0.717, 1.165) is 22.3 Å². The smallest absolute Gasteiger partial charge is 0.221 e. The van der Waals surface area contributed by atoms with E-state index in [4.69, 9.17) is 0 Å². The van der Waals surface area contributed by atoms with E-state index in [1.54, 1.807) is 18.6 Å². The van der Waals surface area contributed by atoms with Gasteiger partial charge in [0, 0.05) is 31.2 Å². The Bertz CT molecular complexity index is 863. The van der Waals surface area contributed by atoms with Gasteiger partial charge in [-0.15, -0.1) is 0 Å². The number of pyridine rings is 2. The lowest BCUT2D eigenvalue weighted by molar-refractivity contribution is -0.121. The van der Waals surface area contributed by atoms with Crippen molar-refractivity contribution in [3.63, 3.8) is 0 Å². The lowest BCUT2D eigenvalue weighted by atomic mass is 9.94. The molecular formula is C22H23N3O. The molecule has 1 amide bonds. The van der Waals surface area contributed by atoms with E-state index in [1.165, 1.54) is 5.56 Å². The first-order valence-corrected chi connectivity index (χ1v) is 8.79. The summed E-state index contributed by atoms with van der Waals surface area (Å²) in [4.78, 5) is 20.8. The highest BCUT2D eigenvalue weighted by Gasteiger charge is 2.19. The normalized spacial score (nSPS) is 11.8. The van der Waals surface area contributed by atoms with Crippen LogP contribution in [-0.2, 0) is 11.2 Å². The molecule has 0 spiro atoms. The molecule has 3 aromatic rings. The number of hydrogen-bond acceptors (Lipinski definition) is 3. The van der Waals surface area contributed by atoms with Crippen molar-refractivity contribution < 1.29 is 4.79 Å². The second-order valence-electron chi connectivity index (χ2n) is 6.50. The molecule has 0 bridgehead atoms. The summed E-state index contributed by atoms with van der Waals surface area (Å²) < 4.78 is 0. The highest BCUT2D eigenvalue weighted by Crippen LogP contribution is 2.25. The molecule has 26 heavy (non-hydrogen) atoms. The lowest BCUT2D eigenvalue weighted by Gasteiger charge is -2.22. The number of amides is 1. The van der Waals surface area contributed by atoms with E-state index < -0.39 is 0 Å². The zero-order valence-electron chi connectivity index (χ0n) is 15.1. The van der Waals surface area contributed by atoms with Gasteiger partial charge in [-0.05, 0) is 60.7 Å². The molecule has 0 aliphatic rings. The van der Waals surface area contributed by atoms with Crippen LogP contribution in [0.4, 0.5) is 0 Å². The number of nitrogens with one attached hydrogen (secondary N) is 1. The van der Waals surface area contributed by atoms with Crippen LogP contribution in [0.15, 0.2) is 67.3 Å². The van der Waals surface area contributed by atoms with Gasteiger partial charge in [0.2, 0.25) is 5.91 Å². The molecule has 0 saturated carbocycles. The fourth-order valence-corrected chi connectivity index (χ4v) is 3.08. The SMILES string of the molecule is Cc1ccc(C(NC(=O)CCc2ccncc2)c2cccnc2)c(C)c1. The Morgan fingerprint density at radius 1 is 1.04 bits per heavy atom. The van der Waals surface area contributed by atoms with Gasteiger partial charge in [-0.1, -0.05) is 29.8 Å². The Labute approximate surface area is 154 Å². The summed E-state index contributed by atoms with van der Waals surface area (Å²) in [6, 6.07) is 13.9. The Kier molecular flexibility index (Phi) is 5.74. The molecule has 2 aromatic heterocycles. The van der Waals surface area contributed by atoms with Gasteiger partial charge in [-0.2, -0.15) is 0 Å². The Hall–Kier alpha value is -3.01. The van der Waals surface area contributed by atoms with Crippen LogP contribution in [0.5, 0.6) is 0 Å². The predicted octanol–water partition coefficient (Wildman–Crippen LogP) is 3.93. The molecule has 0 fully saturated rings. The van der Waals surface area contributed by atoms with Gasteiger partial charge in [0.15, 0.2) is 0 Å². The molecule has 1 aromatic carbocycles. The molecule has 1 N–H and O–H groups in total. The first-order valence-electron chi connectivity index (χ1n) is 8.79. The number of nitrogens with zero attached hydrogens (tertiary/aromatic N) is 2. The molecule has 132 valence electrons. The molecule has 4 heteroatoms. The molecule has 0 aliphatic carbocycles. The number of carbonyl (C=O) groups is 1. The average molecular weight is 345 g/mol. The van der Waals surface area contributed by atoms with Crippen LogP contribution in [0.2, 0.25) is 0 Å². The van der Waals surface area contributed by atoms with Crippen molar-refractivity contribution >= 4 is 5.91 Å². The maximum atomic E-state index is 12.6. The summed E-state index contributed by atoms with van der Waals surface area (Å²) in [5, 5.41) is 3.19. The van der Waals surface area contributed by atoms with Crippen LogP contribution in [0, 0.1) is 13.8 Å². The van der Waals surface area contributed by atoms with E-state index in [9.17, 15) is 4.79 Å². The summed E-state index contributed by atoms with van der Waals surface area (Å²) in [7, 11) is 0. The molecular weight excluding hydrogens is 322 g/mol. The molecule has 3 rings (SSSR count). The van der Waals surface area contributed by atoms with Crippen molar-refractivity contribution in [2.24, 2.45) is 0 Å². The summed E-state index contributed by atoms with van der Waals surface area (Å²) in [6.45, 7) is 4.15. The quantitative estimate of drug-likeness (QED) is 0.736. The standard InChI is InChI=1S/C22H23N3O/c1-16-5-7-20(17(2)14-16)22(19-4-3-11-24-15-19)25-21(26)8-6-18-9-12-23-13-10-18/h3-5,7,9-15,22H,6,8H2,1-2H3,(H,25,26). The number of carbonyl (C=O) groups excluding carboxylic acids is 1. The van der Waals surface area contributed by atoms with Crippen molar-refractivity contribution in [1.82, 2.24) is 15.3 Å². The fourth-order valence-electron chi connectivity index (χ4n) is 3.08.